The summed E-state index contributed by atoms with van der Waals surface area (Å²) in [6.07, 6.45) is 6.11. The smallest absolute Gasteiger partial charge is 0.216 e. The predicted octanol–water partition coefficient (Wildman–Crippen LogP) is 5.37. The maximum Gasteiger partial charge on any atom is 0.216 e. The Hall–Kier alpha value is -2.40. The summed E-state index contributed by atoms with van der Waals surface area (Å²) in [7, 11) is 0. The summed E-state index contributed by atoms with van der Waals surface area (Å²) in [5.74, 6) is -0.245. The molecule has 138 valence electrons. The van der Waals surface area contributed by atoms with Gasteiger partial charge in [-0.3, -0.25) is 9.78 Å². The van der Waals surface area contributed by atoms with Gasteiger partial charge in [-0.15, -0.1) is 12.6 Å². The number of rotatable bonds is 7. The van der Waals surface area contributed by atoms with Crippen LogP contribution in [-0.4, -0.2) is 21.5 Å². The molecule has 5 heteroatoms. The van der Waals surface area contributed by atoms with Crippen molar-refractivity contribution in [2.75, 3.05) is 6.54 Å². The second-order valence-electron chi connectivity index (χ2n) is 5.23. The zero-order chi connectivity index (χ0) is 19.5. The molecule has 0 spiro atoms. The normalized spacial score (nSPS) is 10.2. The Morgan fingerprint density at radius 2 is 1.92 bits per heavy atom. The topological polar surface area (TPSA) is 33.2 Å². The molecule has 0 unspecified atom stereocenters. The van der Waals surface area contributed by atoms with Crippen LogP contribution in [0, 0.1) is 5.82 Å². The Morgan fingerprint density at radius 1 is 1.27 bits per heavy atom. The van der Waals surface area contributed by atoms with Crippen LogP contribution in [0.4, 0.5) is 4.39 Å². The lowest BCUT2D eigenvalue weighted by atomic mass is 10.1. The van der Waals surface area contributed by atoms with Gasteiger partial charge in [-0.2, -0.15) is 0 Å². The van der Waals surface area contributed by atoms with Gasteiger partial charge in [0.2, 0.25) is 5.12 Å². The number of hydrogen-bond acceptors (Lipinski definition) is 3. The Balaban J connectivity index is 0.00000163. The molecule has 0 N–H and O–H groups in total. The Kier molecular flexibility index (Phi) is 9.37. The summed E-state index contributed by atoms with van der Waals surface area (Å²) in [6, 6.07) is 9.73. The average Bonchev–Trinajstić information content (AvgIpc) is 2.67. The third-order valence-electron chi connectivity index (χ3n) is 3.53. The highest BCUT2D eigenvalue weighted by Gasteiger charge is 2.11. The van der Waals surface area contributed by atoms with Gasteiger partial charge in [0.05, 0.1) is 11.4 Å². The van der Waals surface area contributed by atoms with Gasteiger partial charge in [0, 0.05) is 18.3 Å². The molecule has 0 radical (unpaired) electrons. The summed E-state index contributed by atoms with van der Waals surface area (Å²) in [4.78, 5) is 17.6. The summed E-state index contributed by atoms with van der Waals surface area (Å²) in [6.45, 7) is 10.7. The molecular weight excluding hydrogens is 347 g/mol. The van der Waals surface area contributed by atoms with Gasteiger partial charge < -0.3 is 4.90 Å². The molecule has 1 heterocycles. The van der Waals surface area contributed by atoms with Crippen molar-refractivity contribution in [1.29, 1.82) is 0 Å². The quantitative estimate of drug-likeness (QED) is 0.664. The maximum atomic E-state index is 13.0. The summed E-state index contributed by atoms with van der Waals surface area (Å²) >= 11 is 3.84. The van der Waals surface area contributed by atoms with Gasteiger partial charge in [-0.25, -0.2) is 4.39 Å². The fraction of sp³-hybridized carbons (Fsp3) is 0.238. The van der Waals surface area contributed by atoms with Crippen molar-refractivity contribution in [1.82, 2.24) is 9.88 Å². The van der Waals surface area contributed by atoms with Crippen LogP contribution in [0.25, 0.3) is 5.70 Å². The Bertz CT molecular complexity index is 757. The number of aromatic nitrogens is 1. The second kappa shape index (κ2) is 11.3. The minimum absolute atomic E-state index is 0.245. The average molecular weight is 373 g/mol. The maximum absolute atomic E-state index is 13.0. The molecule has 1 aromatic heterocycles. The van der Waals surface area contributed by atoms with Crippen LogP contribution in [-0.2, 0) is 6.42 Å². The van der Waals surface area contributed by atoms with Crippen LogP contribution in [0.15, 0.2) is 61.4 Å². The molecule has 0 aliphatic heterocycles. The molecule has 0 saturated heterocycles. The number of allylic oxidation sites excluding steroid dienone is 1. The monoisotopic (exact) mass is 372 g/mol. The van der Waals surface area contributed by atoms with Gasteiger partial charge >= 0.3 is 0 Å². The van der Waals surface area contributed by atoms with Crippen molar-refractivity contribution in [3.63, 3.8) is 0 Å². The lowest BCUT2D eigenvalue weighted by Crippen LogP contribution is -2.19. The third kappa shape index (κ3) is 6.48. The van der Waals surface area contributed by atoms with E-state index in [1.807, 2.05) is 37.9 Å². The van der Waals surface area contributed by atoms with Crippen LogP contribution < -0.4 is 0 Å². The van der Waals surface area contributed by atoms with E-state index in [0.717, 1.165) is 12.0 Å². The van der Waals surface area contributed by atoms with E-state index in [4.69, 9.17) is 0 Å². The minimum atomic E-state index is -0.310. The van der Waals surface area contributed by atoms with Gasteiger partial charge in [0.25, 0.3) is 0 Å². The molecule has 0 amide bonds. The molecule has 2 aromatic rings. The molecule has 1 aromatic carbocycles. The SMILES string of the molecule is C=C(c1cc(C(=O)S)ccn1)N(/C=C\C)CCc1ccc(F)cc1.CC. The van der Waals surface area contributed by atoms with E-state index in [0.29, 0.717) is 23.5 Å². The fourth-order valence-electron chi connectivity index (χ4n) is 2.25. The molecule has 0 saturated carbocycles. The summed E-state index contributed by atoms with van der Waals surface area (Å²) in [5.41, 5.74) is 2.81. The zero-order valence-corrected chi connectivity index (χ0v) is 16.3. The van der Waals surface area contributed by atoms with Crippen LogP contribution in [0.5, 0.6) is 0 Å². The lowest BCUT2D eigenvalue weighted by Gasteiger charge is -2.22. The van der Waals surface area contributed by atoms with Crippen molar-refractivity contribution in [3.8, 4) is 0 Å². The number of nitrogens with zero attached hydrogens (tertiary/aromatic N) is 2. The zero-order valence-electron chi connectivity index (χ0n) is 15.4. The molecule has 0 bridgehead atoms. The summed E-state index contributed by atoms with van der Waals surface area (Å²) in [5, 5.41) is -0.310. The van der Waals surface area contributed by atoms with E-state index in [9.17, 15) is 9.18 Å². The van der Waals surface area contributed by atoms with Gasteiger partial charge in [0.15, 0.2) is 0 Å². The van der Waals surface area contributed by atoms with E-state index >= 15 is 0 Å². The molecule has 26 heavy (non-hydrogen) atoms. The van der Waals surface area contributed by atoms with Crippen LogP contribution in [0.3, 0.4) is 0 Å². The largest absolute Gasteiger partial charge is 0.347 e. The van der Waals surface area contributed by atoms with E-state index in [2.05, 4.69) is 24.2 Å². The van der Waals surface area contributed by atoms with Crippen molar-refractivity contribution < 1.29 is 9.18 Å². The Morgan fingerprint density at radius 3 is 2.50 bits per heavy atom. The van der Waals surface area contributed by atoms with Gasteiger partial charge in [-0.05, 0) is 49.4 Å². The van der Waals surface area contributed by atoms with E-state index in [1.165, 1.54) is 12.1 Å². The summed E-state index contributed by atoms with van der Waals surface area (Å²) < 4.78 is 13.0. The molecule has 0 atom stereocenters. The molecule has 0 aliphatic rings. The molecular formula is C21H25FN2OS. The van der Waals surface area contributed by atoms with Gasteiger partial charge in [-0.1, -0.05) is 38.6 Å². The number of halogens is 1. The van der Waals surface area contributed by atoms with Crippen LogP contribution in [0.2, 0.25) is 0 Å². The first-order valence-corrected chi connectivity index (χ1v) is 8.98. The highest BCUT2D eigenvalue weighted by Crippen LogP contribution is 2.18. The number of hydrogen-bond donors (Lipinski definition) is 1. The third-order valence-corrected chi connectivity index (χ3v) is 3.79. The lowest BCUT2D eigenvalue weighted by molar-refractivity contribution is 0.109. The van der Waals surface area contributed by atoms with Crippen molar-refractivity contribution in [2.24, 2.45) is 0 Å². The van der Waals surface area contributed by atoms with Crippen molar-refractivity contribution >= 4 is 23.4 Å². The predicted molar refractivity (Wildman–Crippen MR) is 110 cm³/mol. The van der Waals surface area contributed by atoms with Gasteiger partial charge in [0.1, 0.15) is 5.82 Å². The number of benzene rings is 1. The first-order chi connectivity index (χ1) is 12.5. The number of thiol groups is 1. The number of carbonyl (C=O) groups excluding carboxylic acids is 1. The van der Waals surface area contributed by atoms with Crippen LogP contribution in [0.1, 0.15) is 42.4 Å². The minimum Gasteiger partial charge on any atom is -0.347 e. The highest BCUT2D eigenvalue weighted by molar-refractivity contribution is 7.97. The molecule has 3 nitrogen and oxygen atoms in total. The molecule has 0 fully saturated rings. The van der Waals surface area contributed by atoms with Crippen molar-refractivity contribution in [2.45, 2.75) is 27.2 Å². The van der Waals surface area contributed by atoms with E-state index < -0.39 is 0 Å². The Labute approximate surface area is 160 Å². The van der Waals surface area contributed by atoms with Crippen molar-refractivity contribution in [3.05, 3.63) is 84.1 Å². The number of pyridine rings is 1. The highest BCUT2D eigenvalue weighted by atomic mass is 32.1. The first-order valence-electron chi connectivity index (χ1n) is 8.54. The van der Waals surface area contributed by atoms with Crippen LogP contribution >= 0.6 is 12.6 Å². The van der Waals surface area contributed by atoms with E-state index in [-0.39, 0.29) is 10.9 Å². The number of carbonyl (C=O) groups is 1. The standard InChI is InChI=1S/C19H19FN2OS.C2H6/c1-3-11-22(12-9-15-4-6-17(20)7-5-15)14(2)18-13-16(19(23)24)8-10-21-18;1-2/h3-8,10-11,13H,2,9,12H2,1H3,(H,23,24);1-2H3/b11-3-;. The first kappa shape index (κ1) is 21.6. The molecule has 0 aliphatic carbocycles. The second-order valence-corrected chi connectivity index (χ2v) is 5.64. The fourth-order valence-corrected chi connectivity index (χ4v) is 2.39. The van der Waals surface area contributed by atoms with E-state index in [1.54, 1.807) is 30.5 Å². The molecule has 2 rings (SSSR count).